The predicted octanol–water partition coefficient (Wildman–Crippen LogP) is 3.96. The van der Waals surface area contributed by atoms with E-state index in [0.29, 0.717) is 5.58 Å². The average Bonchev–Trinajstić information content (AvgIpc) is 2.70. The van der Waals surface area contributed by atoms with Gasteiger partial charge in [0.2, 0.25) is 0 Å². The molecule has 156 valence electrons. The van der Waals surface area contributed by atoms with Gasteiger partial charge in [-0.2, -0.15) is 0 Å². The number of benzene rings is 2. The van der Waals surface area contributed by atoms with Gasteiger partial charge < -0.3 is 19.2 Å². The van der Waals surface area contributed by atoms with Crippen LogP contribution in [0.1, 0.15) is 25.0 Å². The van der Waals surface area contributed by atoms with E-state index in [1.165, 1.54) is 12.1 Å². The second-order valence-corrected chi connectivity index (χ2v) is 7.26. The van der Waals surface area contributed by atoms with Gasteiger partial charge in [0.15, 0.2) is 0 Å². The topological polar surface area (TPSA) is 94.8 Å². The number of hydrogen-bond donors (Lipinski definition) is 1. The summed E-state index contributed by atoms with van der Waals surface area (Å²) in [6.07, 6.45) is -0.713. The van der Waals surface area contributed by atoms with Gasteiger partial charge in [-0.1, -0.05) is 44.2 Å². The maximum atomic E-state index is 12.6. The quantitative estimate of drug-likeness (QED) is 0.376. The summed E-state index contributed by atoms with van der Waals surface area (Å²) < 4.78 is 15.8. The molecule has 0 spiro atoms. The lowest BCUT2D eigenvalue weighted by molar-refractivity contribution is -0.137. The molecule has 0 aliphatic rings. The lowest BCUT2D eigenvalue weighted by atomic mass is 10.1. The second kappa shape index (κ2) is 9.26. The highest BCUT2D eigenvalue weighted by Gasteiger charge is 2.27. The van der Waals surface area contributed by atoms with Gasteiger partial charge in [-0.05, 0) is 36.1 Å². The summed E-state index contributed by atoms with van der Waals surface area (Å²) in [6, 6.07) is 14.5. The molecule has 1 N–H and O–H groups in total. The smallest absolute Gasteiger partial charge is 0.408 e. The van der Waals surface area contributed by atoms with Gasteiger partial charge in [0.05, 0.1) is 0 Å². The molecule has 0 unspecified atom stereocenters. The first-order valence-electron chi connectivity index (χ1n) is 9.57. The Morgan fingerprint density at radius 1 is 1.07 bits per heavy atom. The summed E-state index contributed by atoms with van der Waals surface area (Å²) in [6.45, 7) is 5.46. The molecule has 0 bridgehead atoms. The van der Waals surface area contributed by atoms with Crippen LogP contribution in [0.4, 0.5) is 4.79 Å². The summed E-state index contributed by atoms with van der Waals surface area (Å²) >= 11 is 0. The van der Waals surface area contributed by atoms with E-state index in [2.05, 4.69) is 5.32 Å². The highest BCUT2D eigenvalue weighted by Crippen LogP contribution is 2.23. The number of aryl methyl sites for hydroxylation is 1. The number of hydrogen-bond acceptors (Lipinski definition) is 6. The molecule has 1 amide bonds. The van der Waals surface area contributed by atoms with Crippen LogP contribution in [0.5, 0.6) is 5.75 Å². The number of carbonyl (C=O) groups is 2. The van der Waals surface area contributed by atoms with Crippen molar-refractivity contribution >= 4 is 23.0 Å². The largest absolute Gasteiger partial charge is 0.445 e. The molecular weight excluding hydrogens is 386 g/mol. The third-order valence-corrected chi connectivity index (χ3v) is 4.55. The molecule has 1 heterocycles. The Balaban J connectivity index is 1.67. The van der Waals surface area contributed by atoms with E-state index >= 15 is 0 Å². The first-order chi connectivity index (χ1) is 14.3. The minimum Gasteiger partial charge on any atom is -0.445 e. The third-order valence-electron chi connectivity index (χ3n) is 4.55. The lowest BCUT2D eigenvalue weighted by Gasteiger charge is -2.20. The maximum Gasteiger partial charge on any atom is 0.408 e. The molecule has 0 saturated carbocycles. The summed E-state index contributed by atoms with van der Waals surface area (Å²) in [4.78, 5) is 36.4. The summed E-state index contributed by atoms with van der Waals surface area (Å²) in [7, 11) is 0. The normalized spacial score (nSPS) is 11.9. The number of esters is 1. The highest BCUT2D eigenvalue weighted by molar-refractivity contribution is 5.85. The first-order valence-corrected chi connectivity index (χ1v) is 9.57. The first kappa shape index (κ1) is 21.1. The van der Waals surface area contributed by atoms with Crippen LogP contribution in [0, 0.1) is 12.8 Å². The standard InChI is InChI=1S/C23H23NO6/c1-14(2)21(24-23(27)28-13-16-7-5-4-6-8-16)22(26)29-17-9-10-18-15(3)11-20(25)30-19(18)12-17/h4-12,14,21H,13H2,1-3H3,(H,24,27)/t21-/m1/s1. The molecule has 2 aromatic carbocycles. The van der Waals surface area contributed by atoms with Crippen molar-refractivity contribution in [3.63, 3.8) is 0 Å². The van der Waals surface area contributed by atoms with Crippen LogP contribution in [0.15, 0.2) is 63.8 Å². The fourth-order valence-electron chi connectivity index (χ4n) is 2.94. The molecular formula is C23H23NO6. The molecule has 0 radical (unpaired) electrons. The van der Waals surface area contributed by atoms with Crippen molar-refractivity contribution in [1.82, 2.24) is 5.32 Å². The van der Waals surface area contributed by atoms with Crippen molar-refractivity contribution < 1.29 is 23.5 Å². The molecule has 0 aliphatic carbocycles. The van der Waals surface area contributed by atoms with Gasteiger partial charge in [0.25, 0.3) is 0 Å². The molecule has 0 saturated heterocycles. The molecule has 3 aromatic rings. The van der Waals surface area contributed by atoms with Crippen molar-refractivity contribution in [2.45, 2.75) is 33.4 Å². The van der Waals surface area contributed by atoms with Crippen LogP contribution in [0.3, 0.4) is 0 Å². The number of alkyl carbamates (subject to hydrolysis) is 1. The van der Waals surface area contributed by atoms with Gasteiger partial charge in [-0.15, -0.1) is 0 Å². The Bertz CT molecular complexity index is 1100. The number of ether oxygens (including phenoxy) is 2. The van der Waals surface area contributed by atoms with Crippen LogP contribution >= 0.6 is 0 Å². The van der Waals surface area contributed by atoms with E-state index in [9.17, 15) is 14.4 Å². The van der Waals surface area contributed by atoms with Gasteiger partial charge in [-0.3, -0.25) is 0 Å². The minimum absolute atomic E-state index is 0.0929. The van der Waals surface area contributed by atoms with Crippen LogP contribution in [0.25, 0.3) is 11.0 Å². The number of fused-ring (bicyclic) bond motifs is 1. The van der Waals surface area contributed by atoms with Crippen molar-refractivity contribution in [1.29, 1.82) is 0 Å². The fraction of sp³-hybridized carbons (Fsp3) is 0.261. The molecule has 0 aliphatic heterocycles. The Kier molecular flexibility index (Phi) is 6.51. The van der Waals surface area contributed by atoms with Gasteiger partial charge in [0, 0.05) is 17.5 Å². The van der Waals surface area contributed by atoms with E-state index in [4.69, 9.17) is 13.9 Å². The van der Waals surface area contributed by atoms with Crippen molar-refractivity contribution in [2.24, 2.45) is 5.92 Å². The molecule has 7 heteroatoms. The van der Waals surface area contributed by atoms with Crippen molar-refractivity contribution in [2.75, 3.05) is 0 Å². The maximum absolute atomic E-state index is 12.6. The molecule has 1 atom stereocenters. The van der Waals surface area contributed by atoms with Gasteiger partial charge in [0.1, 0.15) is 24.0 Å². The zero-order chi connectivity index (χ0) is 21.7. The fourth-order valence-corrected chi connectivity index (χ4v) is 2.94. The zero-order valence-corrected chi connectivity index (χ0v) is 17.0. The SMILES string of the molecule is Cc1cc(=O)oc2cc(OC(=O)[C@H](NC(=O)OCc3ccccc3)C(C)C)ccc12. The Labute approximate surface area is 173 Å². The summed E-state index contributed by atoms with van der Waals surface area (Å²) in [5, 5.41) is 3.30. The zero-order valence-electron chi connectivity index (χ0n) is 17.0. The van der Waals surface area contributed by atoms with Crippen LogP contribution in [-0.2, 0) is 16.1 Å². The molecule has 0 fully saturated rings. The van der Waals surface area contributed by atoms with Crippen LogP contribution < -0.4 is 15.7 Å². The van der Waals surface area contributed by atoms with Gasteiger partial charge in [-0.25, -0.2) is 14.4 Å². The van der Waals surface area contributed by atoms with Crippen LogP contribution in [0.2, 0.25) is 0 Å². The summed E-state index contributed by atoms with van der Waals surface area (Å²) in [5.41, 5.74) is 1.44. The predicted molar refractivity (Wildman–Crippen MR) is 111 cm³/mol. The van der Waals surface area contributed by atoms with E-state index < -0.39 is 23.7 Å². The Hall–Kier alpha value is -3.61. The second-order valence-electron chi connectivity index (χ2n) is 7.26. The number of nitrogens with one attached hydrogen (secondary N) is 1. The van der Waals surface area contributed by atoms with E-state index in [1.54, 1.807) is 32.9 Å². The van der Waals surface area contributed by atoms with E-state index in [-0.39, 0.29) is 18.3 Å². The highest BCUT2D eigenvalue weighted by atomic mass is 16.6. The van der Waals surface area contributed by atoms with Gasteiger partial charge >= 0.3 is 17.7 Å². The van der Waals surface area contributed by atoms with E-state index in [1.807, 2.05) is 30.3 Å². The third kappa shape index (κ3) is 5.26. The minimum atomic E-state index is -0.909. The molecule has 7 nitrogen and oxygen atoms in total. The summed E-state index contributed by atoms with van der Waals surface area (Å²) in [5.74, 6) is -0.662. The molecule has 1 aromatic heterocycles. The number of amides is 1. The van der Waals surface area contributed by atoms with Crippen LogP contribution in [-0.4, -0.2) is 18.1 Å². The lowest BCUT2D eigenvalue weighted by Crippen LogP contribution is -2.46. The van der Waals surface area contributed by atoms with E-state index in [0.717, 1.165) is 16.5 Å². The molecule has 3 rings (SSSR count). The number of carbonyl (C=O) groups excluding carboxylic acids is 2. The van der Waals surface area contributed by atoms with Crippen molar-refractivity contribution in [3.05, 3.63) is 76.1 Å². The Morgan fingerprint density at radius 2 is 1.80 bits per heavy atom. The average molecular weight is 409 g/mol. The molecule has 30 heavy (non-hydrogen) atoms. The Morgan fingerprint density at radius 3 is 2.50 bits per heavy atom. The number of rotatable bonds is 6. The monoisotopic (exact) mass is 409 g/mol. The van der Waals surface area contributed by atoms with Crippen molar-refractivity contribution in [3.8, 4) is 5.75 Å².